The van der Waals surface area contributed by atoms with Crippen LogP contribution in [0.3, 0.4) is 0 Å². The summed E-state index contributed by atoms with van der Waals surface area (Å²) in [7, 11) is 1.69. The molecule has 0 aliphatic heterocycles. The fourth-order valence-electron chi connectivity index (χ4n) is 2.52. The molecule has 0 saturated heterocycles. The van der Waals surface area contributed by atoms with Crippen LogP contribution in [0.15, 0.2) is 53.9 Å². The van der Waals surface area contributed by atoms with Gasteiger partial charge in [0.1, 0.15) is 10.8 Å². The molecule has 0 bridgehead atoms. The predicted molar refractivity (Wildman–Crippen MR) is 98.2 cm³/mol. The van der Waals surface area contributed by atoms with Gasteiger partial charge in [0.05, 0.1) is 12.8 Å². The van der Waals surface area contributed by atoms with E-state index in [1.807, 2.05) is 18.2 Å². The lowest BCUT2D eigenvalue weighted by Gasteiger charge is -2.02. The number of nitrogens with zero attached hydrogens (tertiary/aromatic N) is 1. The van der Waals surface area contributed by atoms with Gasteiger partial charge in [-0.1, -0.05) is 49.7 Å². The molecule has 0 N–H and O–H groups in total. The molecule has 3 aromatic rings. The highest BCUT2D eigenvalue weighted by Gasteiger charge is 2.07. The topological polar surface area (TPSA) is 22.1 Å². The first-order valence-electron chi connectivity index (χ1n) is 7.99. The fourth-order valence-corrected chi connectivity index (χ4v) is 3.35. The van der Waals surface area contributed by atoms with Crippen molar-refractivity contribution in [2.75, 3.05) is 7.11 Å². The van der Waals surface area contributed by atoms with Crippen LogP contribution in [-0.4, -0.2) is 12.1 Å². The van der Waals surface area contributed by atoms with E-state index in [0.29, 0.717) is 0 Å². The maximum atomic E-state index is 5.29. The van der Waals surface area contributed by atoms with Crippen LogP contribution < -0.4 is 4.74 Å². The second-order valence-corrected chi connectivity index (χ2v) is 6.43. The molecule has 0 unspecified atom stereocenters. The van der Waals surface area contributed by atoms with Crippen molar-refractivity contribution in [1.29, 1.82) is 0 Å². The molecule has 0 atom stereocenters. The number of methoxy groups -OCH3 is 1. The summed E-state index contributed by atoms with van der Waals surface area (Å²) in [5, 5.41) is 3.17. The highest BCUT2D eigenvalue weighted by Crippen LogP contribution is 2.30. The number of hydrogen-bond acceptors (Lipinski definition) is 3. The number of unbranched alkanes of at least 4 members (excludes halogenated alkanes) is 1. The van der Waals surface area contributed by atoms with Crippen LogP contribution in [0.25, 0.3) is 21.8 Å². The number of hydrogen-bond donors (Lipinski definition) is 0. The van der Waals surface area contributed by atoms with Gasteiger partial charge in [0.2, 0.25) is 0 Å². The molecular formula is C20H21NOS. The SMILES string of the molecule is CCCCc1ccc(-c2nc(-c3cccc(OC)c3)cs2)cc1. The normalized spacial score (nSPS) is 10.7. The van der Waals surface area contributed by atoms with Gasteiger partial charge in [0.15, 0.2) is 0 Å². The van der Waals surface area contributed by atoms with Crippen molar-refractivity contribution in [1.82, 2.24) is 4.98 Å². The minimum absolute atomic E-state index is 0.859. The van der Waals surface area contributed by atoms with Crippen molar-refractivity contribution in [3.8, 4) is 27.6 Å². The standard InChI is InChI=1S/C20H21NOS/c1-3-4-6-15-9-11-16(12-10-15)20-21-19(14-23-20)17-7-5-8-18(13-17)22-2/h5,7-14H,3-4,6H2,1-2H3. The zero-order chi connectivity index (χ0) is 16.1. The van der Waals surface area contributed by atoms with Gasteiger partial charge in [0, 0.05) is 16.5 Å². The number of thiazole rings is 1. The first-order chi connectivity index (χ1) is 11.3. The highest BCUT2D eigenvalue weighted by atomic mass is 32.1. The summed E-state index contributed by atoms with van der Waals surface area (Å²) < 4.78 is 5.29. The van der Waals surface area contributed by atoms with Gasteiger partial charge in [-0.15, -0.1) is 11.3 Å². The summed E-state index contributed by atoms with van der Waals surface area (Å²) in [5.74, 6) is 0.859. The van der Waals surface area contributed by atoms with Gasteiger partial charge < -0.3 is 4.74 Å². The van der Waals surface area contributed by atoms with Crippen molar-refractivity contribution in [3.63, 3.8) is 0 Å². The Kier molecular flexibility index (Phi) is 5.09. The summed E-state index contributed by atoms with van der Waals surface area (Å²) in [4.78, 5) is 4.78. The van der Waals surface area contributed by atoms with Crippen LogP contribution in [0, 0.1) is 0 Å². The second-order valence-electron chi connectivity index (χ2n) is 5.57. The molecule has 2 nitrogen and oxygen atoms in total. The monoisotopic (exact) mass is 323 g/mol. The molecule has 3 heteroatoms. The van der Waals surface area contributed by atoms with E-state index >= 15 is 0 Å². The van der Waals surface area contributed by atoms with Gasteiger partial charge >= 0.3 is 0 Å². The molecule has 0 aliphatic rings. The molecule has 0 spiro atoms. The summed E-state index contributed by atoms with van der Waals surface area (Å²) >= 11 is 1.68. The second kappa shape index (κ2) is 7.42. The van der Waals surface area contributed by atoms with E-state index in [1.165, 1.54) is 24.0 Å². The van der Waals surface area contributed by atoms with E-state index in [9.17, 15) is 0 Å². The average molecular weight is 323 g/mol. The van der Waals surface area contributed by atoms with E-state index in [2.05, 4.69) is 42.6 Å². The first-order valence-corrected chi connectivity index (χ1v) is 8.87. The summed E-state index contributed by atoms with van der Waals surface area (Å²) in [5.41, 5.74) is 4.68. The van der Waals surface area contributed by atoms with Crippen LogP contribution in [0.1, 0.15) is 25.3 Å². The Hall–Kier alpha value is -2.13. The molecule has 0 amide bonds. The molecule has 0 aliphatic carbocycles. The van der Waals surface area contributed by atoms with Crippen molar-refractivity contribution < 1.29 is 4.74 Å². The van der Waals surface area contributed by atoms with E-state index in [-0.39, 0.29) is 0 Å². The molecular weight excluding hydrogens is 302 g/mol. The van der Waals surface area contributed by atoms with E-state index in [0.717, 1.165) is 28.4 Å². The Bertz CT molecular complexity index is 761. The van der Waals surface area contributed by atoms with Gasteiger partial charge in [-0.25, -0.2) is 4.98 Å². The summed E-state index contributed by atoms with van der Waals surface area (Å²) in [6.45, 7) is 2.23. The number of aryl methyl sites for hydroxylation is 1. The molecule has 0 radical (unpaired) electrons. The van der Waals surface area contributed by atoms with Crippen molar-refractivity contribution in [2.24, 2.45) is 0 Å². The van der Waals surface area contributed by atoms with E-state index in [4.69, 9.17) is 9.72 Å². The lowest BCUT2D eigenvalue weighted by atomic mass is 10.1. The molecule has 23 heavy (non-hydrogen) atoms. The Labute approximate surface area is 141 Å². The summed E-state index contributed by atoms with van der Waals surface area (Å²) in [6, 6.07) is 16.8. The third-order valence-corrected chi connectivity index (χ3v) is 4.78. The van der Waals surface area contributed by atoms with Gasteiger partial charge in [-0.3, -0.25) is 0 Å². The zero-order valence-electron chi connectivity index (χ0n) is 13.6. The van der Waals surface area contributed by atoms with Gasteiger partial charge in [-0.2, -0.15) is 0 Å². The van der Waals surface area contributed by atoms with Crippen LogP contribution in [0.4, 0.5) is 0 Å². The summed E-state index contributed by atoms with van der Waals surface area (Å²) in [6.07, 6.45) is 3.64. The molecule has 1 heterocycles. The number of aromatic nitrogens is 1. The molecule has 1 aromatic heterocycles. The average Bonchev–Trinajstić information content (AvgIpc) is 3.10. The lowest BCUT2D eigenvalue weighted by molar-refractivity contribution is 0.415. The van der Waals surface area contributed by atoms with E-state index < -0.39 is 0 Å². The largest absolute Gasteiger partial charge is 0.497 e. The Morgan fingerprint density at radius 1 is 1.04 bits per heavy atom. The molecule has 0 saturated carbocycles. The van der Waals surface area contributed by atoms with Crippen LogP contribution in [0.2, 0.25) is 0 Å². The maximum Gasteiger partial charge on any atom is 0.124 e. The van der Waals surface area contributed by atoms with Gasteiger partial charge in [-0.05, 0) is 30.5 Å². The van der Waals surface area contributed by atoms with Crippen molar-refractivity contribution in [2.45, 2.75) is 26.2 Å². The van der Waals surface area contributed by atoms with Crippen LogP contribution in [0.5, 0.6) is 5.75 Å². The zero-order valence-corrected chi connectivity index (χ0v) is 14.4. The molecule has 3 rings (SSSR count). The minimum atomic E-state index is 0.859. The Morgan fingerprint density at radius 3 is 2.61 bits per heavy atom. The van der Waals surface area contributed by atoms with Crippen molar-refractivity contribution in [3.05, 3.63) is 59.5 Å². The predicted octanol–water partition coefficient (Wildman–Crippen LogP) is 5.83. The van der Waals surface area contributed by atoms with Crippen molar-refractivity contribution >= 4 is 11.3 Å². The third-order valence-electron chi connectivity index (χ3n) is 3.89. The highest BCUT2D eigenvalue weighted by molar-refractivity contribution is 7.13. The lowest BCUT2D eigenvalue weighted by Crippen LogP contribution is -1.85. The number of benzene rings is 2. The Morgan fingerprint density at radius 2 is 1.87 bits per heavy atom. The minimum Gasteiger partial charge on any atom is -0.497 e. The Balaban J connectivity index is 1.81. The molecule has 2 aromatic carbocycles. The number of rotatable bonds is 6. The van der Waals surface area contributed by atoms with E-state index in [1.54, 1.807) is 18.4 Å². The maximum absolute atomic E-state index is 5.29. The van der Waals surface area contributed by atoms with Gasteiger partial charge in [0.25, 0.3) is 0 Å². The molecule has 0 fully saturated rings. The van der Waals surface area contributed by atoms with Crippen LogP contribution in [-0.2, 0) is 6.42 Å². The first kappa shape index (κ1) is 15.8. The van der Waals surface area contributed by atoms with Crippen LogP contribution >= 0.6 is 11.3 Å². The smallest absolute Gasteiger partial charge is 0.124 e. The third kappa shape index (κ3) is 3.80. The number of ether oxygens (including phenoxy) is 1. The molecule has 118 valence electrons. The quantitative estimate of drug-likeness (QED) is 0.569. The fraction of sp³-hybridized carbons (Fsp3) is 0.250.